The molecule has 2 rings (SSSR count). The van der Waals surface area contributed by atoms with Crippen molar-refractivity contribution in [2.24, 2.45) is 0 Å². The number of halogens is 1. The van der Waals surface area contributed by atoms with E-state index in [2.05, 4.69) is 0 Å². The zero-order chi connectivity index (χ0) is 12.1. The van der Waals surface area contributed by atoms with Crippen LogP contribution in [0.5, 0.6) is 0 Å². The number of hydrogen-bond donors (Lipinski definition) is 0. The SMILES string of the molecule is COC1CCC([I-]C2CCC(OC)CC2)CC1. The van der Waals surface area contributed by atoms with E-state index >= 15 is 0 Å². The van der Waals surface area contributed by atoms with E-state index in [9.17, 15) is 0 Å². The third kappa shape index (κ3) is 4.35. The van der Waals surface area contributed by atoms with Gasteiger partial charge in [-0.05, 0) is 0 Å². The minimum atomic E-state index is 0.422. The average molecular weight is 353 g/mol. The summed E-state index contributed by atoms with van der Waals surface area (Å²) in [6.45, 7) is 0. The molecular formula is C14H26IO2-. The van der Waals surface area contributed by atoms with E-state index in [1.54, 1.807) is 0 Å². The molecule has 0 bridgehead atoms. The summed E-state index contributed by atoms with van der Waals surface area (Å²) in [6.07, 6.45) is 12.2. The molecule has 0 spiro atoms. The molecule has 2 aliphatic carbocycles. The molecule has 2 saturated carbocycles. The summed E-state index contributed by atoms with van der Waals surface area (Å²) < 4.78 is 13.1. The van der Waals surface area contributed by atoms with Crippen molar-refractivity contribution < 1.29 is 30.7 Å². The summed E-state index contributed by atoms with van der Waals surface area (Å²) in [6, 6.07) is 0. The van der Waals surface area contributed by atoms with Gasteiger partial charge < -0.3 is 0 Å². The number of rotatable bonds is 4. The first-order valence-electron chi connectivity index (χ1n) is 6.99. The zero-order valence-electron chi connectivity index (χ0n) is 11.2. The molecule has 2 nitrogen and oxygen atoms in total. The van der Waals surface area contributed by atoms with E-state index in [4.69, 9.17) is 9.47 Å². The van der Waals surface area contributed by atoms with Gasteiger partial charge in [-0.15, -0.1) is 0 Å². The molecule has 0 aromatic rings. The van der Waals surface area contributed by atoms with Crippen LogP contribution in [-0.4, -0.2) is 34.3 Å². The quantitative estimate of drug-likeness (QED) is 0.523. The van der Waals surface area contributed by atoms with E-state index in [0.717, 1.165) is 7.85 Å². The second-order valence-corrected chi connectivity index (χ2v) is 9.59. The van der Waals surface area contributed by atoms with Crippen molar-refractivity contribution in [2.45, 2.75) is 71.4 Å². The van der Waals surface area contributed by atoms with Crippen molar-refractivity contribution in [1.82, 2.24) is 0 Å². The van der Waals surface area contributed by atoms with Gasteiger partial charge in [-0.2, -0.15) is 0 Å². The molecule has 0 aliphatic heterocycles. The van der Waals surface area contributed by atoms with Crippen LogP contribution < -0.4 is 21.2 Å². The van der Waals surface area contributed by atoms with Crippen LogP contribution in [-0.2, 0) is 9.47 Å². The van der Waals surface area contributed by atoms with Crippen molar-refractivity contribution in [3.63, 3.8) is 0 Å². The van der Waals surface area contributed by atoms with Gasteiger partial charge in [0.1, 0.15) is 0 Å². The molecule has 0 aromatic carbocycles. The fourth-order valence-corrected chi connectivity index (χ4v) is 7.33. The molecule has 17 heavy (non-hydrogen) atoms. The molecule has 0 saturated heterocycles. The van der Waals surface area contributed by atoms with Crippen LogP contribution in [0.3, 0.4) is 0 Å². The first-order valence-corrected chi connectivity index (χ1v) is 9.48. The Balaban J connectivity index is 1.65. The second kappa shape index (κ2) is 7.29. The predicted molar refractivity (Wildman–Crippen MR) is 66.1 cm³/mol. The van der Waals surface area contributed by atoms with Crippen molar-refractivity contribution in [3.05, 3.63) is 0 Å². The Morgan fingerprint density at radius 2 is 1.00 bits per heavy atom. The van der Waals surface area contributed by atoms with Crippen LogP contribution in [0.2, 0.25) is 0 Å². The Labute approximate surface area is 116 Å². The molecule has 2 fully saturated rings. The van der Waals surface area contributed by atoms with Gasteiger partial charge in [0.15, 0.2) is 0 Å². The van der Waals surface area contributed by atoms with E-state index < -0.39 is 0 Å². The summed E-state index contributed by atoms with van der Waals surface area (Å²) in [7, 11) is 3.73. The van der Waals surface area contributed by atoms with Gasteiger partial charge in [0.25, 0.3) is 0 Å². The van der Waals surface area contributed by atoms with Gasteiger partial charge in [-0.1, -0.05) is 0 Å². The van der Waals surface area contributed by atoms with Crippen LogP contribution in [0.4, 0.5) is 0 Å². The molecule has 0 atom stereocenters. The standard InChI is InChI=1S/C14H26IO2/c1-16-13-7-3-11(4-8-13)15-12-5-9-14(17-2)10-6-12/h11-14H,3-10H2,1-2H3/q-1. The van der Waals surface area contributed by atoms with Crippen LogP contribution in [0.15, 0.2) is 0 Å². The molecule has 0 unspecified atom stereocenters. The second-order valence-electron chi connectivity index (χ2n) is 5.35. The van der Waals surface area contributed by atoms with Gasteiger partial charge in [0.2, 0.25) is 0 Å². The molecule has 0 amide bonds. The normalized spacial score (nSPS) is 39.4. The van der Waals surface area contributed by atoms with E-state index in [0.29, 0.717) is 33.4 Å². The van der Waals surface area contributed by atoms with Gasteiger partial charge >= 0.3 is 116 Å². The fourth-order valence-electron chi connectivity index (χ4n) is 3.02. The van der Waals surface area contributed by atoms with Crippen LogP contribution in [0.25, 0.3) is 0 Å². The van der Waals surface area contributed by atoms with Crippen LogP contribution >= 0.6 is 0 Å². The minimum absolute atomic E-state index is 0.422. The maximum atomic E-state index is 5.45. The Morgan fingerprint density at radius 1 is 0.647 bits per heavy atom. The molecule has 102 valence electrons. The van der Waals surface area contributed by atoms with Gasteiger partial charge in [0.05, 0.1) is 0 Å². The van der Waals surface area contributed by atoms with Gasteiger partial charge in [-0.25, -0.2) is 0 Å². The van der Waals surface area contributed by atoms with Crippen LogP contribution in [0.1, 0.15) is 51.4 Å². The zero-order valence-corrected chi connectivity index (χ0v) is 13.3. The van der Waals surface area contributed by atoms with Gasteiger partial charge in [-0.3, -0.25) is 0 Å². The maximum absolute atomic E-state index is 5.45. The summed E-state index contributed by atoms with van der Waals surface area (Å²) in [4.78, 5) is 0. The number of ether oxygens (including phenoxy) is 2. The number of methoxy groups -OCH3 is 2. The molecule has 3 heteroatoms. The Hall–Kier alpha value is 0.650. The topological polar surface area (TPSA) is 18.5 Å². The van der Waals surface area contributed by atoms with Crippen LogP contribution in [0, 0.1) is 0 Å². The van der Waals surface area contributed by atoms with E-state index in [1.165, 1.54) is 51.4 Å². The predicted octanol–water partition coefficient (Wildman–Crippen LogP) is -0.00940. The first kappa shape index (κ1) is 14.1. The Bertz CT molecular complexity index is 184. The number of alkyl halides is 2. The summed E-state index contributed by atoms with van der Waals surface area (Å²) >= 11 is 0.422. The van der Waals surface area contributed by atoms with E-state index in [-0.39, 0.29) is 0 Å². The Kier molecular flexibility index (Phi) is 6.03. The molecule has 0 heterocycles. The monoisotopic (exact) mass is 353 g/mol. The molecular weight excluding hydrogens is 327 g/mol. The molecule has 2 aliphatic rings. The molecule has 0 aromatic heterocycles. The Morgan fingerprint density at radius 3 is 1.29 bits per heavy atom. The summed E-state index contributed by atoms with van der Waals surface area (Å²) in [5.41, 5.74) is 0. The summed E-state index contributed by atoms with van der Waals surface area (Å²) in [5.74, 6) is 0. The third-order valence-electron chi connectivity index (χ3n) is 4.23. The van der Waals surface area contributed by atoms with Gasteiger partial charge in [0, 0.05) is 0 Å². The summed E-state index contributed by atoms with van der Waals surface area (Å²) in [5, 5.41) is 0. The fraction of sp³-hybridized carbons (Fsp3) is 1.00. The molecule has 0 radical (unpaired) electrons. The van der Waals surface area contributed by atoms with Crippen molar-refractivity contribution in [3.8, 4) is 0 Å². The van der Waals surface area contributed by atoms with Crippen molar-refractivity contribution in [2.75, 3.05) is 14.2 Å². The third-order valence-corrected chi connectivity index (χ3v) is 8.76. The average Bonchev–Trinajstić information content (AvgIpc) is 2.40. The first-order chi connectivity index (χ1) is 8.31. The van der Waals surface area contributed by atoms with Crippen molar-refractivity contribution >= 4 is 0 Å². The van der Waals surface area contributed by atoms with Crippen molar-refractivity contribution in [1.29, 1.82) is 0 Å². The number of hydrogen-bond acceptors (Lipinski definition) is 2. The van der Waals surface area contributed by atoms with E-state index in [1.807, 2.05) is 14.2 Å². The molecule has 0 N–H and O–H groups in total.